The largest absolute Gasteiger partial charge is 0.454 e. The van der Waals surface area contributed by atoms with E-state index >= 15 is 0 Å². The maximum Gasteiger partial charge on any atom is 0.329 e. The van der Waals surface area contributed by atoms with Crippen LogP contribution in [0.15, 0.2) is 0 Å². The van der Waals surface area contributed by atoms with Crippen molar-refractivity contribution in [2.75, 3.05) is 13.7 Å². The zero-order valence-corrected chi connectivity index (χ0v) is 13.7. The van der Waals surface area contributed by atoms with Crippen LogP contribution in [-0.4, -0.2) is 54.3 Å². The fourth-order valence-electron chi connectivity index (χ4n) is 3.16. The van der Waals surface area contributed by atoms with Crippen LogP contribution in [0.5, 0.6) is 0 Å². The Morgan fingerprint density at radius 2 is 1.71 bits per heavy atom. The number of carbonyl (C=O) groups excluding carboxylic acids is 5. The normalized spacial score (nSPS) is 24.2. The Hall–Kier alpha value is -2.45. The van der Waals surface area contributed by atoms with Crippen LogP contribution in [0.1, 0.15) is 32.6 Å². The van der Waals surface area contributed by atoms with Crippen molar-refractivity contribution in [1.29, 1.82) is 0 Å². The summed E-state index contributed by atoms with van der Waals surface area (Å²) in [4.78, 5) is 60.1. The molecule has 0 radical (unpaired) electrons. The van der Waals surface area contributed by atoms with E-state index in [1.165, 1.54) is 14.0 Å². The van der Waals surface area contributed by atoms with E-state index in [1.807, 2.05) is 5.32 Å². The molecule has 2 fully saturated rings. The summed E-state index contributed by atoms with van der Waals surface area (Å²) < 4.78 is 4.80. The lowest BCUT2D eigenvalue weighted by Gasteiger charge is -2.21. The Morgan fingerprint density at radius 1 is 1.17 bits per heavy atom. The Bertz CT molecular complexity index is 552. The van der Waals surface area contributed by atoms with E-state index in [2.05, 4.69) is 5.32 Å². The van der Waals surface area contributed by atoms with Gasteiger partial charge in [0.1, 0.15) is 6.04 Å². The number of hydrogen-bond donors (Lipinski definition) is 2. The first-order valence-electron chi connectivity index (χ1n) is 7.92. The quantitative estimate of drug-likeness (QED) is 0.528. The van der Waals surface area contributed by atoms with Crippen LogP contribution in [-0.2, 0) is 23.9 Å². The van der Waals surface area contributed by atoms with Crippen molar-refractivity contribution in [2.45, 2.75) is 38.6 Å². The number of hydrogen-bond acceptors (Lipinski definition) is 6. The summed E-state index contributed by atoms with van der Waals surface area (Å²) in [5.41, 5.74) is 0. The summed E-state index contributed by atoms with van der Waals surface area (Å²) in [7, 11) is 1.33. The Labute approximate surface area is 139 Å². The van der Waals surface area contributed by atoms with Crippen molar-refractivity contribution in [3.63, 3.8) is 0 Å². The van der Waals surface area contributed by atoms with Gasteiger partial charge in [0.25, 0.3) is 5.91 Å². The van der Waals surface area contributed by atoms with Crippen LogP contribution in [0.3, 0.4) is 0 Å². The van der Waals surface area contributed by atoms with E-state index in [9.17, 15) is 24.0 Å². The molecule has 2 aliphatic rings. The summed E-state index contributed by atoms with van der Waals surface area (Å²) >= 11 is 0. The molecule has 9 nitrogen and oxygen atoms in total. The van der Waals surface area contributed by atoms with E-state index < -0.39 is 30.6 Å². The van der Waals surface area contributed by atoms with Gasteiger partial charge in [-0.05, 0) is 19.8 Å². The number of nitrogens with one attached hydrogen (secondary N) is 2. The molecule has 2 N–H and O–H groups in total. The highest BCUT2D eigenvalue weighted by molar-refractivity contribution is 6.08. The second kappa shape index (κ2) is 7.41. The van der Waals surface area contributed by atoms with Crippen molar-refractivity contribution < 1.29 is 28.7 Å². The maximum absolute atomic E-state index is 12.4. The van der Waals surface area contributed by atoms with Crippen molar-refractivity contribution in [1.82, 2.24) is 15.5 Å². The van der Waals surface area contributed by atoms with E-state index in [0.29, 0.717) is 12.8 Å². The molecule has 1 saturated carbocycles. The number of nitrogens with zero attached hydrogens (tertiary/aromatic N) is 1. The summed E-state index contributed by atoms with van der Waals surface area (Å²) in [6, 6.07) is -1.82. The summed E-state index contributed by atoms with van der Waals surface area (Å²) in [5, 5.41) is 4.12. The second-order valence-electron chi connectivity index (χ2n) is 5.95. The second-order valence-corrected chi connectivity index (χ2v) is 5.95. The Kier molecular flexibility index (Phi) is 5.53. The first-order chi connectivity index (χ1) is 11.4. The number of ether oxygens (including phenoxy) is 1. The van der Waals surface area contributed by atoms with Crippen LogP contribution in [0.25, 0.3) is 0 Å². The molecule has 0 aromatic carbocycles. The molecule has 24 heavy (non-hydrogen) atoms. The fraction of sp³-hybridized carbons (Fsp3) is 0.667. The molecule has 1 aliphatic heterocycles. The number of rotatable bonds is 4. The average molecular weight is 339 g/mol. The molecule has 0 spiro atoms. The number of imide groups is 2. The van der Waals surface area contributed by atoms with Gasteiger partial charge in [-0.25, -0.2) is 9.59 Å². The Balaban J connectivity index is 1.93. The summed E-state index contributed by atoms with van der Waals surface area (Å²) in [6.45, 7) is 0.728. The number of urea groups is 1. The lowest BCUT2D eigenvalue weighted by Crippen LogP contribution is -2.46. The third-order valence-electron chi connectivity index (χ3n) is 4.43. The molecule has 0 aromatic rings. The highest BCUT2D eigenvalue weighted by Gasteiger charge is 2.51. The van der Waals surface area contributed by atoms with Gasteiger partial charge in [0, 0.05) is 7.05 Å². The highest BCUT2D eigenvalue weighted by Crippen LogP contribution is 2.38. The predicted molar refractivity (Wildman–Crippen MR) is 80.3 cm³/mol. The molecule has 1 heterocycles. The standard InChI is InChI=1S/C15H21N3O6/c1-8(14(22)24-7-11(19)17-15(23)16-2)18-12(20)9-5-3-4-6-10(9)13(18)21/h8-10H,3-7H2,1-2H3,(H2,16,17,19,23)/t8-,9+,10+/m0/s1. The minimum absolute atomic E-state index is 0.344. The first-order valence-corrected chi connectivity index (χ1v) is 7.92. The topological polar surface area (TPSA) is 122 Å². The van der Waals surface area contributed by atoms with Gasteiger partial charge < -0.3 is 10.1 Å². The monoisotopic (exact) mass is 339 g/mol. The van der Waals surface area contributed by atoms with Crippen LogP contribution in [0.4, 0.5) is 4.79 Å². The van der Waals surface area contributed by atoms with Crippen LogP contribution >= 0.6 is 0 Å². The number of amides is 5. The average Bonchev–Trinajstić information content (AvgIpc) is 2.83. The van der Waals surface area contributed by atoms with Gasteiger partial charge in [-0.1, -0.05) is 12.8 Å². The van der Waals surface area contributed by atoms with E-state index in [0.717, 1.165) is 17.7 Å². The lowest BCUT2D eigenvalue weighted by molar-refractivity contribution is -0.159. The zero-order valence-electron chi connectivity index (χ0n) is 13.7. The van der Waals surface area contributed by atoms with Gasteiger partial charge >= 0.3 is 12.0 Å². The molecule has 1 saturated heterocycles. The molecule has 3 atom stereocenters. The number of likely N-dealkylation sites (tertiary alicyclic amines) is 1. The zero-order chi connectivity index (χ0) is 17.9. The van der Waals surface area contributed by atoms with Gasteiger partial charge in [-0.2, -0.15) is 0 Å². The summed E-state index contributed by atoms with van der Waals surface area (Å²) in [6.07, 6.45) is 3.10. The van der Waals surface area contributed by atoms with E-state index in [-0.39, 0.29) is 23.7 Å². The minimum atomic E-state index is -1.09. The highest BCUT2D eigenvalue weighted by atomic mass is 16.5. The van der Waals surface area contributed by atoms with Crippen LogP contribution in [0, 0.1) is 11.8 Å². The maximum atomic E-state index is 12.4. The van der Waals surface area contributed by atoms with Crippen molar-refractivity contribution in [3.05, 3.63) is 0 Å². The molecule has 0 bridgehead atoms. The number of carbonyl (C=O) groups is 5. The van der Waals surface area contributed by atoms with Crippen LogP contribution < -0.4 is 10.6 Å². The van der Waals surface area contributed by atoms with Crippen molar-refractivity contribution >= 4 is 29.7 Å². The van der Waals surface area contributed by atoms with Crippen molar-refractivity contribution in [3.8, 4) is 0 Å². The third-order valence-corrected chi connectivity index (χ3v) is 4.43. The van der Waals surface area contributed by atoms with E-state index in [4.69, 9.17) is 4.74 Å². The fourth-order valence-corrected chi connectivity index (χ4v) is 3.16. The van der Waals surface area contributed by atoms with E-state index in [1.54, 1.807) is 0 Å². The predicted octanol–water partition coefficient (Wildman–Crippen LogP) is -0.451. The smallest absolute Gasteiger partial charge is 0.329 e. The molecule has 9 heteroatoms. The van der Waals surface area contributed by atoms with Gasteiger partial charge in [-0.15, -0.1) is 0 Å². The SMILES string of the molecule is CNC(=O)NC(=O)COC(=O)[C@H](C)N1C(=O)[C@@H]2CCCC[C@H]2C1=O. The molecule has 1 aliphatic carbocycles. The first kappa shape index (κ1) is 17.9. The summed E-state index contributed by atoms with van der Waals surface area (Å²) in [5.74, 6) is -3.05. The number of fused-ring (bicyclic) bond motifs is 1. The molecule has 0 aromatic heterocycles. The molecule has 0 unspecified atom stereocenters. The van der Waals surface area contributed by atoms with Gasteiger partial charge in [0.05, 0.1) is 11.8 Å². The van der Waals surface area contributed by atoms with Gasteiger partial charge in [-0.3, -0.25) is 24.6 Å². The molecule has 5 amide bonds. The Morgan fingerprint density at radius 3 is 2.21 bits per heavy atom. The molecular formula is C15H21N3O6. The van der Waals surface area contributed by atoms with Gasteiger partial charge in [0.15, 0.2) is 6.61 Å². The van der Waals surface area contributed by atoms with Crippen LogP contribution in [0.2, 0.25) is 0 Å². The lowest BCUT2D eigenvalue weighted by atomic mass is 9.81. The minimum Gasteiger partial charge on any atom is -0.454 e. The third kappa shape index (κ3) is 3.55. The number of esters is 1. The molecule has 132 valence electrons. The molecular weight excluding hydrogens is 318 g/mol. The van der Waals surface area contributed by atoms with Gasteiger partial charge in [0.2, 0.25) is 11.8 Å². The van der Waals surface area contributed by atoms with Crippen molar-refractivity contribution in [2.24, 2.45) is 11.8 Å². The molecule has 2 rings (SSSR count).